The van der Waals surface area contributed by atoms with E-state index in [4.69, 9.17) is 0 Å². The third kappa shape index (κ3) is 6.67. The molecule has 1 aromatic carbocycles. The molecule has 0 spiro atoms. The van der Waals surface area contributed by atoms with Crippen LogP contribution in [0.25, 0.3) is 0 Å². The molecule has 2 aromatic heterocycles. The normalized spacial score (nSPS) is 23.9. The molecule has 3 aromatic rings. The van der Waals surface area contributed by atoms with Crippen LogP contribution in [0.1, 0.15) is 67.2 Å². The topological polar surface area (TPSA) is 80.3 Å². The monoisotopic (exact) mass is 636 g/mol. The van der Waals surface area contributed by atoms with Crippen LogP contribution in [0.2, 0.25) is 0 Å². The number of pyridine rings is 1. The number of imidazole rings is 1. The molecule has 0 saturated carbocycles. The number of rotatable bonds is 7. The van der Waals surface area contributed by atoms with Crippen molar-refractivity contribution in [1.82, 2.24) is 19.4 Å². The van der Waals surface area contributed by atoms with Crippen molar-refractivity contribution in [3.8, 4) is 0 Å². The minimum absolute atomic E-state index is 0.0335. The Morgan fingerprint density at radius 3 is 2.49 bits per heavy atom. The minimum atomic E-state index is -3.09. The van der Waals surface area contributed by atoms with Gasteiger partial charge < -0.3 is 15.1 Å². The highest BCUT2D eigenvalue weighted by atomic mass is 19.3. The number of carbonyl (C=O) groups is 1. The molecule has 45 heavy (non-hydrogen) atoms. The summed E-state index contributed by atoms with van der Waals surface area (Å²) in [5.41, 5.74) is 0.898. The lowest BCUT2D eigenvalue weighted by Gasteiger charge is -2.40. The fourth-order valence-electron chi connectivity index (χ4n) is 6.62. The molecule has 2 saturated heterocycles. The van der Waals surface area contributed by atoms with Crippen LogP contribution in [0, 0.1) is 16.8 Å². The third-order valence-corrected chi connectivity index (χ3v) is 9.29. The van der Waals surface area contributed by atoms with Gasteiger partial charge in [0.05, 0.1) is 24.5 Å². The zero-order chi connectivity index (χ0) is 32.1. The summed E-state index contributed by atoms with van der Waals surface area (Å²) >= 11 is 0. The van der Waals surface area contributed by atoms with Crippen LogP contribution >= 0.6 is 0 Å². The van der Waals surface area contributed by atoms with Crippen molar-refractivity contribution in [2.24, 2.45) is 0 Å². The summed E-state index contributed by atoms with van der Waals surface area (Å²) in [5, 5.41) is 15.2. The van der Waals surface area contributed by atoms with Gasteiger partial charge in [0.2, 0.25) is 11.6 Å². The first kappa shape index (κ1) is 31.3. The molecular weight excluding hydrogens is 602 g/mol. The molecule has 8 nitrogen and oxygen atoms in total. The molecule has 0 bridgehead atoms. The Balaban J connectivity index is 1.13. The molecule has 0 radical (unpaired) electrons. The zero-order valence-corrected chi connectivity index (χ0v) is 24.7. The number of piperidine rings is 2. The van der Waals surface area contributed by atoms with E-state index in [-0.39, 0.29) is 68.7 Å². The first-order valence-electron chi connectivity index (χ1n) is 15.1. The molecule has 242 valence electrons. The van der Waals surface area contributed by atoms with E-state index in [0.29, 0.717) is 29.0 Å². The number of hydrogen-bond acceptors (Lipinski definition) is 5. The SMILES string of the molecule is C[C@@H](C(=O)Nc1cn2c(n1)CC[C@@H]2c1cc(F)cc(F)c1)N1CCC(F)(F)[C@H](c2cc[n+]([O-])c(CN3CCC(F)(F)CC3)c2)C1. The Kier molecular flexibility index (Phi) is 8.31. The first-order chi connectivity index (χ1) is 21.3. The highest BCUT2D eigenvalue weighted by molar-refractivity contribution is 5.93. The number of carbonyl (C=O) groups excluding carboxylic acids is 1. The standard InChI is InChI=1S/C31H34F6N6O2/c1-19(29(44)39-27-18-42-26(2-3-28(42)38-27)21-12-22(32)15-23(33)13-21)41-11-7-31(36,37)25(17-41)20-4-8-43(45)24(14-20)16-40-9-5-30(34,35)6-10-40/h4,8,12-15,18-19,25-26H,2-3,5-7,9-11,16-17H2,1H3,(H,39,44)/t19-,25-,26+/m0/s1. The molecule has 6 rings (SSSR count). The molecule has 1 amide bonds. The predicted molar refractivity (Wildman–Crippen MR) is 152 cm³/mol. The molecule has 2 fully saturated rings. The van der Waals surface area contributed by atoms with E-state index in [1.807, 2.05) is 0 Å². The van der Waals surface area contributed by atoms with Crippen LogP contribution < -0.4 is 10.0 Å². The Hall–Kier alpha value is -3.65. The number of benzene rings is 1. The number of halogens is 6. The van der Waals surface area contributed by atoms with Crippen molar-refractivity contribution in [2.75, 3.05) is 31.5 Å². The van der Waals surface area contributed by atoms with Crippen molar-refractivity contribution < 1.29 is 35.9 Å². The van der Waals surface area contributed by atoms with Gasteiger partial charge in [0, 0.05) is 76.3 Å². The summed E-state index contributed by atoms with van der Waals surface area (Å²) in [7, 11) is 0. The van der Waals surface area contributed by atoms with Gasteiger partial charge in [0.15, 0.2) is 12.0 Å². The molecule has 0 aliphatic carbocycles. The van der Waals surface area contributed by atoms with Crippen molar-refractivity contribution in [1.29, 1.82) is 0 Å². The van der Waals surface area contributed by atoms with Crippen LogP contribution in [0.15, 0.2) is 42.7 Å². The van der Waals surface area contributed by atoms with Gasteiger partial charge >= 0.3 is 0 Å². The van der Waals surface area contributed by atoms with Gasteiger partial charge in [-0.25, -0.2) is 31.3 Å². The van der Waals surface area contributed by atoms with Crippen LogP contribution in [-0.2, 0) is 17.8 Å². The lowest BCUT2D eigenvalue weighted by atomic mass is 9.86. The van der Waals surface area contributed by atoms with E-state index >= 15 is 8.78 Å². The molecule has 5 heterocycles. The van der Waals surface area contributed by atoms with Gasteiger partial charge in [-0.2, -0.15) is 4.73 Å². The van der Waals surface area contributed by atoms with E-state index < -0.39 is 47.8 Å². The summed E-state index contributed by atoms with van der Waals surface area (Å²) in [6, 6.07) is 4.97. The number of fused-ring (bicyclic) bond motifs is 1. The largest absolute Gasteiger partial charge is 0.618 e. The summed E-state index contributed by atoms with van der Waals surface area (Å²) in [6.45, 7) is 1.70. The fourth-order valence-corrected chi connectivity index (χ4v) is 6.62. The number of alkyl halides is 4. The fraction of sp³-hybridized carbons (Fsp3) is 0.516. The number of anilines is 1. The number of nitrogens with zero attached hydrogens (tertiary/aromatic N) is 5. The lowest BCUT2D eigenvalue weighted by Crippen LogP contribution is -2.52. The maximum absolute atomic E-state index is 15.3. The van der Waals surface area contributed by atoms with Gasteiger partial charge in [-0.1, -0.05) is 0 Å². The molecule has 14 heteroatoms. The van der Waals surface area contributed by atoms with Gasteiger partial charge in [0.25, 0.3) is 11.8 Å². The Morgan fingerprint density at radius 1 is 1.07 bits per heavy atom. The minimum Gasteiger partial charge on any atom is -0.618 e. The number of aryl methyl sites for hydroxylation is 1. The maximum Gasteiger partial charge on any atom is 0.257 e. The molecule has 3 aliphatic rings. The first-order valence-corrected chi connectivity index (χ1v) is 15.1. The number of hydrogen-bond donors (Lipinski definition) is 1. The van der Waals surface area contributed by atoms with E-state index in [9.17, 15) is 27.6 Å². The predicted octanol–water partition coefficient (Wildman–Crippen LogP) is 5.01. The Morgan fingerprint density at radius 2 is 1.78 bits per heavy atom. The quantitative estimate of drug-likeness (QED) is 0.224. The Bertz CT molecular complexity index is 1550. The number of aromatic nitrogens is 3. The van der Waals surface area contributed by atoms with Crippen molar-refractivity contribution in [2.45, 2.75) is 75.4 Å². The van der Waals surface area contributed by atoms with Gasteiger partial charge in [-0.15, -0.1) is 0 Å². The highest BCUT2D eigenvalue weighted by Gasteiger charge is 2.47. The summed E-state index contributed by atoms with van der Waals surface area (Å²) in [5.74, 6) is -8.04. The van der Waals surface area contributed by atoms with Gasteiger partial charge in [0.1, 0.15) is 17.5 Å². The van der Waals surface area contributed by atoms with Crippen molar-refractivity contribution in [3.63, 3.8) is 0 Å². The molecule has 3 aliphatic heterocycles. The van der Waals surface area contributed by atoms with Crippen molar-refractivity contribution >= 4 is 11.7 Å². The smallest absolute Gasteiger partial charge is 0.257 e. The van der Waals surface area contributed by atoms with Gasteiger partial charge in [-0.3, -0.25) is 14.6 Å². The summed E-state index contributed by atoms with van der Waals surface area (Å²) in [4.78, 5) is 21.1. The van der Waals surface area contributed by atoms with E-state index in [1.54, 1.807) is 27.5 Å². The number of nitrogens with one attached hydrogen (secondary N) is 1. The van der Waals surface area contributed by atoms with Crippen LogP contribution in [-0.4, -0.2) is 69.3 Å². The second-order valence-electron chi connectivity index (χ2n) is 12.3. The number of amides is 1. The molecule has 1 N–H and O–H groups in total. The highest BCUT2D eigenvalue weighted by Crippen LogP contribution is 2.41. The van der Waals surface area contributed by atoms with Crippen LogP contribution in [0.3, 0.4) is 0 Å². The van der Waals surface area contributed by atoms with Crippen LogP contribution in [0.4, 0.5) is 32.2 Å². The Labute approximate surface area is 256 Å². The van der Waals surface area contributed by atoms with Gasteiger partial charge in [-0.05, 0) is 36.6 Å². The van der Waals surface area contributed by atoms with E-state index in [0.717, 1.165) is 12.3 Å². The lowest BCUT2D eigenvalue weighted by molar-refractivity contribution is -0.615. The molecule has 3 atom stereocenters. The van der Waals surface area contributed by atoms with Crippen LogP contribution in [0.5, 0.6) is 0 Å². The second-order valence-corrected chi connectivity index (χ2v) is 12.3. The van der Waals surface area contributed by atoms with E-state index in [1.165, 1.54) is 24.3 Å². The summed E-state index contributed by atoms with van der Waals surface area (Å²) in [6.07, 6.45) is 2.78. The molecular formula is C31H34F6N6O2. The maximum atomic E-state index is 15.3. The third-order valence-electron chi connectivity index (χ3n) is 9.29. The summed E-state index contributed by atoms with van der Waals surface area (Å²) < 4.78 is 87.7. The average molecular weight is 637 g/mol. The second kappa shape index (κ2) is 11.9. The molecule has 0 unspecified atom stereocenters. The van der Waals surface area contributed by atoms with Crippen molar-refractivity contribution in [3.05, 3.63) is 82.2 Å². The van der Waals surface area contributed by atoms with E-state index in [2.05, 4.69) is 10.3 Å². The average Bonchev–Trinajstić information content (AvgIpc) is 3.55. The number of likely N-dealkylation sites (tertiary alicyclic amines) is 2. The zero-order valence-electron chi connectivity index (χ0n) is 24.7.